The van der Waals surface area contributed by atoms with Crippen LogP contribution in [0.25, 0.3) is 0 Å². The number of carbonyl (C=O) groups is 2. The van der Waals surface area contributed by atoms with Crippen molar-refractivity contribution in [1.82, 2.24) is 4.90 Å². The molecule has 0 radical (unpaired) electrons. The van der Waals surface area contributed by atoms with E-state index in [2.05, 4.69) is 12.2 Å². The molecule has 0 bridgehead atoms. The number of rotatable bonds is 7. The van der Waals surface area contributed by atoms with E-state index in [4.69, 9.17) is 16.7 Å². The Kier molecular flexibility index (Phi) is 6.65. The lowest BCUT2D eigenvalue weighted by molar-refractivity contribution is -0.117. The van der Waals surface area contributed by atoms with Crippen LogP contribution in [0.1, 0.15) is 37.6 Å². The first-order valence-electron chi connectivity index (χ1n) is 6.91. The molecule has 1 aromatic rings. The molecule has 6 heteroatoms. The van der Waals surface area contributed by atoms with Crippen molar-refractivity contribution in [2.75, 3.05) is 18.4 Å². The van der Waals surface area contributed by atoms with E-state index >= 15 is 0 Å². The zero-order chi connectivity index (χ0) is 16.0. The number of carboxylic acid groups (broad SMARTS) is 1. The van der Waals surface area contributed by atoms with Crippen LogP contribution in [-0.4, -0.2) is 41.0 Å². The maximum atomic E-state index is 12.1. The Balaban J connectivity index is 2.78. The number of nitrogens with one attached hydrogen (secondary N) is 1. The number of carbonyl (C=O) groups excluding carboxylic acids is 1. The molecular formula is C15H21ClN2O3. The highest BCUT2D eigenvalue weighted by Gasteiger charge is 2.15. The summed E-state index contributed by atoms with van der Waals surface area (Å²) < 4.78 is 0. The van der Waals surface area contributed by atoms with Gasteiger partial charge in [0.05, 0.1) is 22.8 Å². The highest BCUT2D eigenvalue weighted by molar-refractivity contribution is 6.33. The zero-order valence-electron chi connectivity index (χ0n) is 12.5. The Morgan fingerprint density at radius 1 is 1.38 bits per heavy atom. The van der Waals surface area contributed by atoms with E-state index < -0.39 is 5.97 Å². The van der Waals surface area contributed by atoms with Gasteiger partial charge in [-0.15, -0.1) is 0 Å². The van der Waals surface area contributed by atoms with E-state index in [0.29, 0.717) is 10.7 Å². The predicted molar refractivity (Wildman–Crippen MR) is 84.0 cm³/mol. The van der Waals surface area contributed by atoms with Gasteiger partial charge in [0, 0.05) is 6.04 Å². The van der Waals surface area contributed by atoms with Crippen LogP contribution in [0.2, 0.25) is 5.02 Å². The normalized spacial score (nSPS) is 11.0. The molecule has 0 fully saturated rings. The van der Waals surface area contributed by atoms with Gasteiger partial charge < -0.3 is 10.4 Å². The molecule has 1 rings (SSSR count). The van der Waals surface area contributed by atoms with E-state index in [0.717, 1.165) is 13.0 Å². The standard InChI is InChI=1S/C15H21ClN2O3/c1-4-7-18(10(2)3)9-14(19)17-13-8-11(15(20)21)5-6-12(13)16/h5-6,8,10H,4,7,9H2,1-3H3,(H,17,19)(H,20,21). The van der Waals surface area contributed by atoms with Crippen LogP contribution in [0.3, 0.4) is 0 Å². The van der Waals surface area contributed by atoms with Crippen LogP contribution in [0.15, 0.2) is 18.2 Å². The number of aromatic carboxylic acids is 1. The van der Waals surface area contributed by atoms with Crippen molar-refractivity contribution in [2.45, 2.75) is 33.2 Å². The fraction of sp³-hybridized carbons (Fsp3) is 0.467. The molecule has 0 aliphatic carbocycles. The first-order valence-corrected chi connectivity index (χ1v) is 7.29. The second kappa shape index (κ2) is 8.00. The molecule has 0 unspecified atom stereocenters. The van der Waals surface area contributed by atoms with E-state index in [1.54, 1.807) is 0 Å². The number of hydrogen-bond donors (Lipinski definition) is 2. The van der Waals surface area contributed by atoms with Gasteiger partial charge in [-0.1, -0.05) is 18.5 Å². The van der Waals surface area contributed by atoms with Gasteiger partial charge in [0.2, 0.25) is 5.91 Å². The molecule has 1 aromatic carbocycles. The molecule has 0 aliphatic rings. The average Bonchev–Trinajstić information content (AvgIpc) is 2.40. The molecule has 21 heavy (non-hydrogen) atoms. The molecule has 0 heterocycles. The quantitative estimate of drug-likeness (QED) is 0.811. The number of amides is 1. The number of benzene rings is 1. The Bertz CT molecular complexity index is 518. The molecule has 0 saturated carbocycles. The summed E-state index contributed by atoms with van der Waals surface area (Å²) in [7, 11) is 0. The Hall–Kier alpha value is -1.59. The molecule has 0 aromatic heterocycles. The molecule has 0 aliphatic heterocycles. The van der Waals surface area contributed by atoms with E-state index in [1.165, 1.54) is 18.2 Å². The third-order valence-electron chi connectivity index (χ3n) is 3.08. The summed E-state index contributed by atoms with van der Waals surface area (Å²) in [6.07, 6.45) is 0.959. The van der Waals surface area contributed by atoms with Gasteiger partial charge in [0.15, 0.2) is 0 Å². The summed E-state index contributed by atoms with van der Waals surface area (Å²) in [5.74, 6) is -1.27. The maximum absolute atomic E-state index is 12.1. The fourth-order valence-electron chi connectivity index (χ4n) is 1.94. The Morgan fingerprint density at radius 3 is 2.57 bits per heavy atom. The summed E-state index contributed by atoms with van der Waals surface area (Å²) in [5.41, 5.74) is 0.408. The first-order chi connectivity index (χ1) is 9.85. The number of hydrogen-bond acceptors (Lipinski definition) is 3. The van der Waals surface area contributed by atoms with E-state index in [-0.39, 0.29) is 24.1 Å². The number of halogens is 1. The van der Waals surface area contributed by atoms with Crippen LogP contribution in [0.5, 0.6) is 0 Å². The molecule has 1 amide bonds. The van der Waals surface area contributed by atoms with Crippen LogP contribution < -0.4 is 5.32 Å². The van der Waals surface area contributed by atoms with Crippen molar-refractivity contribution in [3.63, 3.8) is 0 Å². The summed E-state index contributed by atoms with van der Waals surface area (Å²) in [5, 5.41) is 12.0. The molecule has 0 spiro atoms. The van der Waals surface area contributed by atoms with Gasteiger partial charge in [-0.3, -0.25) is 9.69 Å². The molecule has 0 saturated heterocycles. The summed E-state index contributed by atoms with van der Waals surface area (Å²) >= 11 is 5.98. The van der Waals surface area contributed by atoms with Gasteiger partial charge in [-0.25, -0.2) is 4.79 Å². The molecular weight excluding hydrogens is 292 g/mol. The summed E-state index contributed by atoms with van der Waals surface area (Å²) in [4.78, 5) is 25.1. The maximum Gasteiger partial charge on any atom is 0.335 e. The lowest BCUT2D eigenvalue weighted by atomic mass is 10.2. The van der Waals surface area contributed by atoms with Crippen LogP contribution in [0.4, 0.5) is 5.69 Å². The first kappa shape index (κ1) is 17.5. The number of carboxylic acids is 1. The monoisotopic (exact) mass is 312 g/mol. The summed E-state index contributed by atoms with van der Waals surface area (Å²) in [6, 6.07) is 4.49. The number of anilines is 1. The fourth-order valence-corrected chi connectivity index (χ4v) is 2.10. The molecule has 2 N–H and O–H groups in total. The lowest BCUT2D eigenvalue weighted by Crippen LogP contribution is -2.38. The van der Waals surface area contributed by atoms with E-state index in [1.807, 2.05) is 18.7 Å². The van der Waals surface area contributed by atoms with Gasteiger partial charge >= 0.3 is 5.97 Å². The van der Waals surface area contributed by atoms with Gasteiger partial charge in [-0.2, -0.15) is 0 Å². The summed E-state index contributed by atoms with van der Waals surface area (Å²) in [6.45, 7) is 7.19. The van der Waals surface area contributed by atoms with Crippen molar-refractivity contribution in [3.05, 3.63) is 28.8 Å². The van der Waals surface area contributed by atoms with Crippen molar-refractivity contribution < 1.29 is 14.7 Å². The minimum Gasteiger partial charge on any atom is -0.478 e. The topological polar surface area (TPSA) is 69.6 Å². The smallest absolute Gasteiger partial charge is 0.335 e. The van der Waals surface area contributed by atoms with Crippen molar-refractivity contribution in [1.29, 1.82) is 0 Å². The highest BCUT2D eigenvalue weighted by Crippen LogP contribution is 2.23. The second-order valence-electron chi connectivity index (χ2n) is 5.11. The largest absolute Gasteiger partial charge is 0.478 e. The number of nitrogens with zero attached hydrogens (tertiary/aromatic N) is 1. The third kappa shape index (κ3) is 5.36. The van der Waals surface area contributed by atoms with E-state index in [9.17, 15) is 9.59 Å². The molecule has 5 nitrogen and oxygen atoms in total. The van der Waals surface area contributed by atoms with Gasteiger partial charge in [0.1, 0.15) is 0 Å². The Morgan fingerprint density at radius 2 is 2.05 bits per heavy atom. The second-order valence-corrected chi connectivity index (χ2v) is 5.52. The minimum atomic E-state index is -1.06. The zero-order valence-corrected chi connectivity index (χ0v) is 13.3. The van der Waals surface area contributed by atoms with Crippen LogP contribution >= 0.6 is 11.6 Å². The molecule has 116 valence electrons. The Labute approximate surface area is 129 Å². The average molecular weight is 313 g/mol. The predicted octanol–water partition coefficient (Wildman–Crippen LogP) is 3.10. The third-order valence-corrected chi connectivity index (χ3v) is 3.40. The highest BCUT2D eigenvalue weighted by atomic mass is 35.5. The minimum absolute atomic E-state index is 0.0870. The SMILES string of the molecule is CCCN(CC(=O)Nc1cc(C(=O)O)ccc1Cl)C(C)C. The van der Waals surface area contributed by atoms with Gasteiger partial charge in [-0.05, 0) is 45.0 Å². The lowest BCUT2D eigenvalue weighted by Gasteiger charge is -2.25. The van der Waals surface area contributed by atoms with Gasteiger partial charge in [0.25, 0.3) is 0 Å². The van der Waals surface area contributed by atoms with Crippen LogP contribution in [-0.2, 0) is 4.79 Å². The van der Waals surface area contributed by atoms with Crippen LogP contribution in [0, 0.1) is 0 Å². The van der Waals surface area contributed by atoms with Crippen molar-refractivity contribution in [2.24, 2.45) is 0 Å². The van der Waals surface area contributed by atoms with Crippen molar-refractivity contribution in [3.8, 4) is 0 Å². The molecule has 0 atom stereocenters. The van der Waals surface area contributed by atoms with Crippen molar-refractivity contribution >= 4 is 29.2 Å².